The molecule has 4 fully saturated rings. The van der Waals surface area contributed by atoms with Gasteiger partial charge in [0, 0.05) is 0 Å². The number of hydrogen-bond donors (Lipinski definition) is 1. The fraction of sp³-hybridized carbons (Fsp3) is 0.684. The molecule has 5 rings (SSSR count). The Labute approximate surface area is 122 Å². The van der Waals surface area contributed by atoms with Gasteiger partial charge in [-0.25, -0.2) is 0 Å². The summed E-state index contributed by atoms with van der Waals surface area (Å²) in [5.74, 6) is 2.77. The highest BCUT2D eigenvalue weighted by atomic mass is 16.3. The van der Waals surface area contributed by atoms with E-state index in [1.54, 1.807) is 0 Å². The highest BCUT2D eigenvalue weighted by Gasteiger charge is 2.53. The molecular formula is C19H26O. The summed E-state index contributed by atoms with van der Waals surface area (Å²) in [5, 5.41) is 11.0. The van der Waals surface area contributed by atoms with Gasteiger partial charge in [0.2, 0.25) is 0 Å². The van der Waals surface area contributed by atoms with Crippen molar-refractivity contribution in [2.24, 2.45) is 23.2 Å². The van der Waals surface area contributed by atoms with Crippen LogP contribution in [0.5, 0.6) is 0 Å². The maximum atomic E-state index is 11.0. The highest BCUT2D eigenvalue weighted by molar-refractivity contribution is 5.23. The third-order valence-corrected chi connectivity index (χ3v) is 6.30. The van der Waals surface area contributed by atoms with E-state index in [1.807, 2.05) is 0 Å². The maximum absolute atomic E-state index is 11.0. The number of aliphatic hydroxyl groups is 1. The first-order chi connectivity index (χ1) is 9.63. The predicted molar refractivity (Wildman–Crippen MR) is 81.5 cm³/mol. The first-order valence-corrected chi connectivity index (χ1v) is 8.36. The van der Waals surface area contributed by atoms with Crippen molar-refractivity contribution in [1.82, 2.24) is 0 Å². The molecule has 0 saturated heterocycles. The van der Waals surface area contributed by atoms with Crippen molar-refractivity contribution in [3.63, 3.8) is 0 Å². The van der Waals surface area contributed by atoms with Gasteiger partial charge in [0.05, 0.1) is 6.10 Å². The molecule has 1 atom stereocenters. The van der Waals surface area contributed by atoms with Gasteiger partial charge in [-0.3, -0.25) is 0 Å². The number of aryl methyl sites for hydroxylation is 1. The molecular weight excluding hydrogens is 244 g/mol. The van der Waals surface area contributed by atoms with Crippen LogP contribution in [0.4, 0.5) is 0 Å². The molecule has 4 aliphatic carbocycles. The van der Waals surface area contributed by atoms with E-state index in [9.17, 15) is 5.11 Å². The second-order valence-corrected chi connectivity index (χ2v) is 7.99. The first-order valence-electron chi connectivity index (χ1n) is 8.36. The Morgan fingerprint density at radius 2 is 1.70 bits per heavy atom. The lowest BCUT2D eigenvalue weighted by Crippen LogP contribution is -2.52. The molecule has 1 heteroatoms. The average molecular weight is 270 g/mol. The van der Waals surface area contributed by atoms with E-state index < -0.39 is 0 Å². The largest absolute Gasteiger partial charge is 0.392 e. The molecule has 1 nitrogen and oxygen atoms in total. The van der Waals surface area contributed by atoms with Gasteiger partial charge in [-0.2, -0.15) is 0 Å². The van der Waals surface area contributed by atoms with Gasteiger partial charge in [-0.1, -0.05) is 29.8 Å². The van der Waals surface area contributed by atoms with Crippen LogP contribution in [0.3, 0.4) is 0 Å². The fourth-order valence-electron chi connectivity index (χ4n) is 5.86. The van der Waals surface area contributed by atoms with Crippen LogP contribution >= 0.6 is 0 Å². The van der Waals surface area contributed by atoms with E-state index in [0.717, 1.165) is 24.2 Å². The Bertz CT molecular complexity index is 469. The summed E-state index contributed by atoms with van der Waals surface area (Å²) in [4.78, 5) is 0. The number of hydrogen-bond acceptors (Lipinski definition) is 1. The summed E-state index contributed by atoms with van der Waals surface area (Å²) in [6.07, 6.45) is 8.99. The van der Waals surface area contributed by atoms with Crippen LogP contribution in [0.25, 0.3) is 0 Å². The Morgan fingerprint density at radius 1 is 1.10 bits per heavy atom. The van der Waals surface area contributed by atoms with Gasteiger partial charge in [-0.15, -0.1) is 0 Å². The molecule has 0 radical (unpaired) electrons. The molecule has 0 aliphatic heterocycles. The third-order valence-electron chi connectivity index (χ3n) is 6.30. The van der Waals surface area contributed by atoms with E-state index in [-0.39, 0.29) is 11.5 Å². The summed E-state index contributed by atoms with van der Waals surface area (Å²) in [5.41, 5.74) is 2.88. The quantitative estimate of drug-likeness (QED) is 0.876. The van der Waals surface area contributed by atoms with Crippen LogP contribution < -0.4 is 0 Å². The lowest BCUT2D eigenvalue weighted by atomic mass is 9.48. The normalized spacial score (nSPS) is 40.0. The minimum Gasteiger partial charge on any atom is -0.392 e. The van der Waals surface area contributed by atoms with Crippen molar-refractivity contribution in [2.75, 3.05) is 0 Å². The van der Waals surface area contributed by atoms with Crippen molar-refractivity contribution in [1.29, 1.82) is 0 Å². The Morgan fingerprint density at radius 3 is 2.25 bits per heavy atom. The van der Waals surface area contributed by atoms with E-state index in [4.69, 9.17) is 0 Å². The maximum Gasteiger partial charge on any atom is 0.0637 e. The molecule has 1 N–H and O–H groups in total. The third kappa shape index (κ3) is 2.11. The second-order valence-electron chi connectivity index (χ2n) is 7.99. The predicted octanol–water partition coefficient (Wildman–Crippen LogP) is 4.11. The lowest BCUT2D eigenvalue weighted by molar-refractivity contribution is -0.119. The topological polar surface area (TPSA) is 20.2 Å². The van der Waals surface area contributed by atoms with Crippen molar-refractivity contribution in [3.05, 3.63) is 35.4 Å². The molecule has 0 spiro atoms. The van der Waals surface area contributed by atoms with E-state index in [0.29, 0.717) is 0 Å². The lowest BCUT2D eigenvalue weighted by Gasteiger charge is -2.58. The zero-order valence-electron chi connectivity index (χ0n) is 12.5. The Balaban J connectivity index is 1.54. The number of benzene rings is 1. The molecule has 1 aromatic carbocycles. The van der Waals surface area contributed by atoms with Gasteiger partial charge in [0.15, 0.2) is 0 Å². The van der Waals surface area contributed by atoms with Gasteiger partial charge in [0.25, 0.3) is 0 Å². The Kier molecular flexibility index (Phi) is 2.96. The van der Waals surface area contributed by atoms with Crippen LogP contribution in [-0.2, 0) is 6.42 Å². The standard InChI is InChI=1S/C19H26O/c1-13-3-2-4-14(5-13)9-18(20)19-10-15-6-16(11-19)8-17(7-15)12-19/h2-5,15-18,20H,6-12H2,1H3. The first kappa shape index (κ1) is 12.9. The summed E-state index contributed by atoms with van der Waals surface area (Å²) in [7, 11) is 0. The SMILES string of the molecule is Cc1cccc(CC(O)C23CC4CC(CC(C4)C2)C3)c1. The van der Waals surface area contributed by atoms with Gasteiger partial charge in [-0.05, 0) is 80.6 Å². The monoisotopic (exact) mass is 270 g/mol. The van der Waals surface area contributed by atoms with Crippen LogP contribution in [0, 0.1) is 30.1 Å². The van der Waals surface area contributed by atoms with Crippen molar-refractivity contribution < 1.29 is 5.11 Å². The van der Waals surface area contributed by atoms with Crippen LogP contribution in [0.1, 0.15) is 49.7 Å². The average Bonchev–Trinajstić information content (AvgIpc) is 2.37. The zero-order valence-corrected chi connectivity index (χ0v) is 12.5. The molecule has 1 aromatic rings. The molecule has 4 aliphatic rings. The molecule has 108 valence electrons. The number of rotatable bonds is 3. The highest BCUT2D eigenvalue weighted by Crippen LogP contribution is 2.61. The molecule has 0 heterocycles. The molecule has 0 aromatic heterocycles. The molecule has 4 bridgehead atoms. The zero-order chi connectivity index (χ0) is 13.7. The van der Waals surface area contributed by atoms with Crippen LogP contribution in [0.2, 0.25) is 0 Å². The molecule has 20 heavy (non-hydrogen) atoms. The second kappa shape index (κ2) is 4.59. The van der Waals surface area contributed by atoms with Crippen molar-refractivity contribution in [2.45, 2.75) is 58.0 Å². The Hall–Kier alpha value is -0.820. The minimum absolute atomic E-state index is 0.127. The number of aliphatic hydroxyl groups excluding tert-OH is 1. The van der Waals surface area contributed by atoms with Gasteiger partial charge < -0.3 is 5.11 Å². The smallest absolute Gasteiger partial charge is 0.0637 e. The summed E-state index contributed by atoms with van der Waals surface area (Å²) >= 11 is 0. The van der Waals surface area contributed by atoms with Gasteiger partial charge >= 0.3 is 0 Å². The van der Waals surface area contributed by atoms with Crippen LogP contribution in [0.15, 0.2) is 24.3 Å². The minimum atomic E-state index is -0.127. The van der Waals surface area contributed by atoms with Gasteiger partial charge in [0.1, 0.15) is 0 Å². The molecule has 0 amide bonds. The summed E-state index contributed by atoms with van der Waals surface area (Å²) in [6, 6.07) is 8.68. The summed E-state index contributed by atoms with van der Waals surface area (Å²) in [6.45, 7) is 2.14. The van der Waals surface area contributed by atoms with Crippen molar-refractivity contribution in [3.8, 4) is 0 Å². The summed E-state index contributed by atoms with van der Waals surface area (Å²) < 4.78 is 0. The molecule has 1 unspecified atom stereocenters. The van der Waals surface area contributed by atoms with E-state index in [1.165, 1.54) is 49.7 Å². The molecule has 4 saturated carbocycles. The van der Waals surface area contributed by atoms with E-state index in [2.05, 4.69) is 31.2 Å². The fourth-order valence-corrected chi connectivity index (χ4v) is 5.86. The van der Waals surface area contributed by atoms with E-state index >= 15 is 0 Å². The van der Waals surface area contributed by atoms with Crippen LogP contribution in [-0.4, -0.2) is 11.2 Å². The van der Waals surface area contributed by atoms with Crippen molar-refractivity contribution >= 4 is 0 Å².